The molecule has 14 heteroatoms. The lowest BCUT2D eigenvalue weighted by atomic mass is 10.0. The van der Waals surface area contributed by atoms with Crippen LogP contribution < -0.4 is 10.1 Å². The summed E-state index contributed by atoms with van der Waals surface area (Å²) in [7, 11) is 0. The van der Waals surface area contributed by atoms with Crippen molar-refractivity contribution >= 4 is 64.2 Å². The van der Waals surface area contributed by atoms with Gasteiger partial charge in [0.1, 0.15) is 40.2 Å². The zero-order chi connectivity index (χ0) is 27.0. The highest BCUT2D eigenvalue weighted by Crippen LogP contribution is 2.42. The van der Waals surface area contributed by atoms with E-state index in [9.17, 15) is 19.5 Å². The third-order valence-corrected chi connectivity index (χ3v) is 9.44. The summed E-state index contributed by atoms with van der Waals surface area (Å²) in [4.78, 5) is 39.0. The van der Waals surface area contributed by atoms with E-state index in [0.717, 1.165) is 14.9 Å². The number of ether oxygens (including phenoxy) is 1. The molecule has 0 bridgehead atoms. The molecule has 2 aliphatic rings. The van der Waals surface area contributed by atoms with E-state index >= 15 is 0 Å². The van der Waals surface area contributed by atoms with Gasteiger partial charge in [-0.05, 0) is 55.3 Å². The zero-order valence-corrected chi connectivity index (χ0v) is 23.3. The van der Waals surface area contributed by atoms with Crippen molar-refractivity contribution < 1.29 is 28.6 Å². The maximum absolute atomic E-state index is 12.9. The number of aliphatic carboxylic acids is 1. The van der Waals surface area contributed by atoms with Crippen molar-refractivity contribution in [2.24, 2.45) is 0 Å². The SMILES string of the molecule is Cc1nnc(SCC2=C(C(=O)O)N3C(=O)[C@@H](NC(=O)c4ccc(COc5ccc(Cl)cc5C)o4)[C@@H]3SC2)s1. The number of fused-ring (bicyclic) bond motifs is 1. The fourth-order valence-electron chi connectivity index (χ4n) is 3.99. The highest BCUT2D eigenvalue weighted by molar-refractivity contribution is 8.01. The van der Waals surface area contributed by atoms with E-state index in [1.165, 1.54) is 45.8 Å². The van der Waals surface area contributed by atoms with Crippen molar-refractivity contribution in [2.75, 3.05) is 11.5 Å². The van der Waals surface area contributed by atoms with Crippen molar-refractivity contribution in [2.45, 2.75) is 36.2 Å². The highest BCUT2D eigenvalue weighted by Gasteiger charge is 2.54. The van der Waals surface area contributed by atoms with Crippen LogP contribution in [-0.4, -0.2) is 60.9 Å². The van der Waals surface area contributed by atoms with Gasteiger partial charge in [0.2, 0.25) is 0 Å². The lowest BCUT2D eigenvalue weighted by molar-refractivity contribution is -0.148. The predicted octanol–water partition coefficient (Wildman–Crippen LogP) is 4.12. The number of amides is 2. The molecular formula is C24H21ClN4O6S3. The number of benzene rings is 1. The number of nitrogens with zero attached hydrogens (tertiary/aromatic N) is 3. The summed E-state index contributed by atoms with van der Waals surface area (Å²) in [5.74, 6) is -0.317. The molecule has 0 aliphatic carbocycles. The molecule has 2 atom stereocenters. The van der Waals surface area contributed by atoms with Gasteiger partial charge in [-0.15, -0.1) is 22.0 Å². The van der Waals surface area contributed by atoms with E-state index in [4.69, 9.17) is 20.8 Å². The lowest BCUT2D eigenvalue weighted by Crippen LogP contribution is -2.70. The number of carboxylic acids is 1. The standard InChI is InChI=1S/C24H21ClN4O6S3/c1-11-7-14(25)3-5-16(11)34-8-15-4-6-17(35-15)20(30)26-18-21(31)29-19(23(32)33)13(9-36-22(18)29)10-37-24-28-27-12(2)38-24/h3-7,18,22H,8-10H2,1-2H3,(H,26,30)(H,32,33)/t18-,22+/m1/s1. The summed E-state index contributed by atoms with van der Waals surface area (Å²) in [6, 6.07) is 7.53. The summed E-state index contributed by atoms with van der Waals surface area (Å²) in [5, 5.41) is 21.5. The summed E-state index contributed by atoms with van der Waals surface area (Å²) < 4.78 is 12.1. The number of thioether (sulfide) groups is 2. The third kappa shape index (κ3) is 5.41. The van der Waals surface area contributed by atoms with Gasteiger partial charge >= 0.3 is 5.97 Å². The van der Waals surface area contributed by atoms with Gasteiger partial charge in [-0.25, -0.2) is 4.79 Å². The number of carbonyl (C=O) groups excluding carboxylic acids is 2. The first-order valence-electron chi connectivity index (χ1n) is 11.3. The first kappa shape index (κ1) is 26.6. The number of nitrogens with one attached hydrogen (secondary N) is 1. The van der Waals surface area contributed by atoms with E-state index in [1.54, 1.807) is 24.3 Å². The molecule has 2 aromatic heterocycles. The Hall–Kier alpha value is -3.00. The summed E-state index contributed by atoms with van der Waals surface area (Å²) in [5.41, 5.74) is 1.46. The van der Waals surface area contributed by atoms with E-state index in [1.807, 2.05) is 13.8 Å². The number of hydrogen-bond acceptors (Lipinski definition) is 10. The van der Waals surface area contributed by atoms with Gasteiger partial charge in [-0.2, -0.15) is 0 Å². The lowest BCUT2D eigenvalue weighted by Gasteiger charge is -2.49. The number of hydrogen-bond donors (Lipinski definition) is 2. The van der Waals surface area contributed by atoms with Crippen LogP contribution in [0.15, 0.2) is 50.4 Å². The molecule has 2 N–H and O–H groups in total. The molecule has 4 heterocycles. The van der Waals surface area contributed by atoms with E-state index in [-0.39, 0.29) is 18.1 Å². The quantitative estimate of drug-likeness (QED) is 0.276. The molecule has 3 aromatic rings. The number of halogens is 1. The number of furan rings is 1. The van der Waals surface area contributed by atoms with Crippen LogP contribution in [0, 0.1) is 13.8 Å². The monoisotopic (exact) mass is 592 g/mol. The third-order valence-electron chi connectivity index (χ3n) is 5.81. The second-order valence-electron chi connectivity index (χ2n) is 8.46. The molecule has 198 valence electrons. The van der Waals surface area contributed by atoms with E-state index < -0.39 is 29.2 Å². The van der Waals surface area contributed by atoms with Crippen LogP contribution in [0.4, 0.5) is 0 Å². The van der Waals surface area contributed by atoms with Crippen LogP contribution >= 0.6 is 46.5 Å². The van der Waals surface area contributed by atoms with Gasteiger partial charge < -0.3 is 19.6 Å². The van der Waals surface area contributed by atoms with Crippen LogP contribution in [0.1, 0.15) is 26.9 Å². The van der Waals surface area contributed by atoms with Crippen LogP contribution in [0.25, 0.3) is 0 Å². The molecule has 38 heavy (non-hydrogen) atoms. The maximum atomic E-state index is 12.9. The van der Waals surface area contributed by atoms with Gasteiger partial charge in [-0.1, -0.05) is 34.7 Å². The molecular weight excluding hydrogens is 572 g/mol. The second-order valence-corrected chi connectivity index (χ2v) is 12.4. The number of carbonyl (C=O) groups is 3. The summed E-state index contributed by atoms with van der Waals surface area (Å²) in [6.45, 7) is 3.82. The Balaban J connectivity index is 1.20. The van der Waals surface area contributed by atoms with Crippen LogP contribution in [0.2, 0.25) is 5.02 Å². The number of aryl methyl sites for hydroxylation is 2. The largest absolute Gasteiger partial charge is 0.485 e. The van der Waals surface area contributed by atoms with Crippen LogP contribution in [0.5, 0.6) is 5.75 Å². The van der Waals surface area contributed by atoms with Gasteiger partial charge in [0.15, 0.2) is 10.1 Å². The first-order valence-corrected chi connectivity index (χ1v) is 14.6. The van der Waals surface area contributed by atoms with Crippen molar-refractivity contribution in [1.29, 1.82) is 0 Å². The fourth-order valence-corrected chi connectivity index (χ4v) is 7.52. The van der Waals surface area contributed by atoms with Gasteiger partial charge in [0.05, 0.1) is 0 Å². The normalized spacial score (nSPS) is 18.7. The van der Waals surface area contributed by atoms with E-state index in [0.29, 0.717) is 33.6 Å². The number of aromatic nitrogens is 2. The maximum Gasteiger partial charge on any atom is 0.352 e. The van der Waals surface area contributed by atoms with Crippen LogP contribution in [0.3, 0.4) is 0 Å². The second kappa shape index (κ2) is 11.0. The highest BCUT2D eigenvalue weighted by atomic mass is 35.5. The molecule has 0 radical (unpaired) electrons. The number of β-lactam (4-membered cyclic amide) rings is 1. The summed E-state index contributed by atoms with van der Waals surface area (Å²) >= 11 is 10.2. The van der Waals surface area contributed by atoms with Gasteiger partial charge in [-0.3, -0.25) is 14.5 Å². The minimum atomic E-state index is -1.18. The topological polar surface area (TPSA) is 135 Å². The van der Waals surface area contributed by atoms with Crippen molar-refractivity contribution in [3.63, 3.8) is 0 Å². The Kier molecular flexibility index (Phi) is 7.70. The van der Waals surface area contributed by atoms with E-state index in [2.05, 4.69) is 15.5 Å². The number of rotatable bonds is 9. The van der Waals surface area contributed by atoms with Crippen molar-refractivity contribution in [3.05, 3.63) is 68.7 Å². The number of carboxylic acid groups (broad SMARTS) is 1. The zero-order valence-electron chi connectivity index (χ0n) is 20.1. The Labute approximate surface area is 234 Å². The Morgan fingerprint density at radius 1 is 1.29 bits per heavy atom. The minimum Gasteiger partial charge on any atom is -0.485 e. The average Bonchev–Trinajstić information content (AvgIpc) is 3.53. The fraction of sp³-hybridized carbons (Fsp3) is 0.292. The molecule has 1 fully saturated rings. The Bertz CT molecular complexity index is 1450. The molecule has 1 saturated heterocycles. The molecule has 0 spiro atoms. The molecule has 2 aliphatic heterocycles. The Morgan fingerprint density at radius 2 is 2.11 bits per heavy atom. The van der Waals surface area contributed by atoms with Crippen molar-refractivity contribution in [1.82, 2.24) is 20.4 Å². The van der Waals surface area contributed by atoms with Gasteiger partial charge in [0.25, 0.3) is 11.8 Å². The van der Waals surface area contributed by atoms with Gasteiger partial charge in [0, 0.05) is 16.5 Å². The summed E-state index contributed by atoms with van der Waals surface area (Å²) in [6.07, 6.45) is 0. The Morgan fingerprint density at radius 3 is 2.82 bits per heavy atom. The smallest absolute Gasteiger partial charge is 0.352 e. The molecule has 5 rings (SSSR count). The average molecular weight is 593 g/mol. The molecule has 10 nitrogen and oxygen atoms in total. The molecule has 1 aromatic carbocycles. The minimum absolute atomic E-state index is 0.0296. The first-order chi connectivity index (χ1) is 18.2. The molecule has 0 saturated carbocycles. The van der Waals surface area contributed by atoms with Crippen LogP contribution in [-0.2, 0) is 16.2 Å². The molecule has 2 amide bonds. The predicted molar refractivity (Wildman–Crippen MR) is 144 cm³/mol. The van der Waals surface area contributed by atoms with Crippen molar-refractivity contribution in [3.8, 4) is 5.75 Å². The molecule has 0 unspecified atom stereocenters.